The van der Waals surface area contributed by atoms with Gasteiger partial charge in [-0.25, -0.2) is 0 Å². The van der Waals surface area contributed by atoms with Crippen LogP contribution < -0.4 is 0 Å². The Hall–Kier alpha value is 8.46. The molecule has 0 nitrogen and oxygen atoms in total. The predicted octanol–water partition coefficient (Wildman–Crippen LogP) is 23.6. The second kappa shape index (κ2) is 140. The average Bonchev–Trinajstić information content (AvgIpc) is 3.16. The predicted molar refractivity (Wildman–Crippen MR) is 524 cm³/mol. The van der Waals surface area contributed by atoms with Gasteiger partial charge < -0.3 is 0 Å². The molecule has 0 saturated heterocycles. The van der Waals surface area contributed by atoms with Crippen LogP contribution in [0.3, 0.4) is 0 Å². The van der Waals surface area contributed by atoms with Crippen molar-refractivity contribution in [2.45, 2.75) is 393 Å². The third kappa shape index (κ3) is 834. The second-order valence-corrected chi connectivity index (χ2v) is 126. The van der Waals surface area contributed by atoms with Gasteiger partial charge in [0.15, 0.2) is 0 Å². The van der Waals surface area contributed by atoms with E-state index in [4.69, 9.17) is 0 Å². The maximum absolute atomic E-state index is 2.39. The van der Waals surface area contributed by atoms with Crippen LogP contribution in [-0.2, 0) is 0 Å². The van der Waals surface area contributed by atoms with Gasteiger partial charge in [-0.3, -0.25) is 0 Å². The molecule has 0 unspecified atom stereocenters. The molecular weight excluding hydrogens is 1830 g/mol. The summed E-state index contributed by atoms with van der Waals surface area (Å²) < 4.78 is 0. The molecule has 0 atom stereocenters. The van der Waals surface area contributed by atoms with E-state index >= 15 is 0 Å². The topological polar surface area (TPSA) is 0 Å². The minimum Gasteiger partial charge on any atom is -0.0735 e. The molecule has 0 saturated carbocycles. The first-order chi connectivity index (χ1) is 36.6. The maximum Gasteiger partial charge on any atom is 0.0379 e. The largest absolute Gasteiger partial charge is 0.0735 e. The Morgan fingerprint density at radius 2 is 0.0778 bits per heavy atom. The number of hydrogen-bond donors (Lipinski definition) is 0. The Morgan fingerprint density at radius 1 is 0.0667 bits per heavy atom. The van der Waals surface area contributed by atoms with E-state index < -0.39 is 0 Å². The summed E-state index contributed by atoms with van der Waals surface area (Å²) in [5.41, 5.74) is 0. The first kappa shape index (κ1) is 169. The zero-order valence-corrected chi connectivity index (χ0v) is 112. The van der Waals surface area contributed by atoms with Crippen molar-refractivity contribution in [1.29, 1.82) is 0 Å². The summed E-state index contributed by atoms with van der Waals surface area (Å²) in [6.45, 7) is 139. The van der Waals surface area contributed by atoms with Crippen molar-refractivity contribution in [1.82, 2.24) is 0 Å². The monoisotopic (exact) mass is 2020 g/mol. The minimum absolute atomic E-state index is 0. The van der Waals surface area contributed by atoms with Crippen molar-refractivity contribution in [3.63, 3.8) is 0 Å². The molecule has 0 fully saturated rings. The number of rotatable bonds is 6. The van der Waals surface area contributed by atoms with Crippen LogP contribution in [0, 0.1) is 0 Å². The van der Waals surface area contributed by atoms with Crippen molar-refractivity contribution in [3.8, 4) is 0 Å². The maximum atomic E-state index is 2.39. The van der Waals surface area contributed by atoms with Crippen LogP contribution in [0.25, 0.3) is 0 Å². The molecule has 0 bridgehead atoms. The summed E-state index contributed by atoms with van der Waals surface area (Å²) in [5.74, 6) is 0. The van der Waals surface area contributed by atoms with Gasteiger partial charge in [0.25, 0.3) is 0 Å². The molecule has 0 N–H and O–H groups in total. The van der Waals surface area contributed by atoms with Crippen molar-refractivity contribution < 1.29 is 0 Å². The molecule has 0 amide bonds. The van der Waals surface area contributed by atoms with E-state index in [0.29, 0.717) is 0 Å². The molecule has 0 heterocycles. The molecule has 30 heteroatoms. The Labute approximate surface area is 694 Å². The molecule has 48 radical (unpaired) electrons. The van der Waals surface area contributed by atoms with Crippen LogP contribution in [0.15, 0.2) is 0 Å². The minimum atomic E-state index is 0. The van der Waals surface area contributed by atoms with Gasteiger partial charge in [-0.2, -0.15) is 0 Å². The molecule has 0 spiro atoms. The van der Waals surface area contributed by atoms with E-state index in [0.717, 1.165) is 0 Å². The van der Waals surface area contributed by atoms with Crippen LogP contribution >= 0.6 is 0 Å². The molecular formula is C60H180Ge6Si24. The third-order valence-corrected chi connectivity index (χ3v) is 54.0. The fourth-order valence-corrected chi connectivity index (χ4v) is 0. The van der Waals surface area contributed by atoms with Crippen LogP contribution in [0.1, 0.15) is 0 Å². The Balaban J connectivity index is -0.0000000233. The Kier molecular flexibility index (Phi) is 263. The molecule has 540 valence electrons. The fourth-order valence-electron chi connectivity index (χ4n) is 0. The van der Waals surface area contributed by atoms with Gasteiger partial charge in [-0.15, -0.1) is 0 Å². The summed E-state index contributed by atoms with van der Waals surface area (Å²) in [7, 11) is 3.25. The van der Waals surface area contributed by atoms with Gasteiger partial charge in [0.1, 0.15) is 0 Å². The summed E-state index contributed by atoms with van der Waals surface area (Å²) in [5, 5.41) is 0. The second-order valence-electron chi connectivity index (χ2n) is 30.0. The van der Waals surface area contributed by atoms with E-state index in [1.54, 1.807) is 0 Å². The van der Waals surface area contributed by atoms with Crippen LogP contribution in [0.2, 0.25) is 393 Å². The molecule has 0 aliphatic rings. The summed E-state index contributed by atoms with van der Waals surface area (Å²) in [6, 6.07) is 0. The van der Waals surface area contributed by atoms with E-state index in [-0.39, 0.29) is 311 Å². The van der Waals surface area contributed by atoms with Crippen LogP contribution in [-0.4, -0.2) is 311 Å². The van der Waals surface area contributed by atoms with Gasteiger partial charge in [0, 0.05) is 311 Å². The van der Waals surface area contributed by atoms with Gasteiger partial charge >= 0.3 is 0 Å². The zero-order valence-electron chi connectivity index (χ0n) is 75.0. The van der Waals surface area contributed by atoms with Crippen molar-refractivity contribution >= 4 is 311 Å². The fraction of sp³-hybridized carbons (Fsp3) is 1.00. The van der Waals surface area contributed by atoms with Crippen LogP contribution in [0.4, 0.5) is 0 Å². The van der Waals surface area contributed by atoms with Gasteiger partial charge in [0.05, 0.1) is 0 Å². The van der Waals surface area contributed by atoms with Gasteiger partial charge in [0.2, 0.25) is 0 Å². The SMILES string of the molecule is C[Si](C)C.C[Si](C)C.C[Si](C)C.C[Si](C)C.C[Si](C)C.C[Si](C)C.C[Si](C)C.C[Si](C)C.C[Si](C)C.C[Si](C)C.C[Si](C)C.C[Si](C)C.C[Si](C)[Si](C)C.C[Si](C)[Si](C)C.C[Si](C)[Si](C)C.C[Si](C)[Si](C)C.C[Si](C)[Si](C)C.C[Si](C)[Si](C)C.[Ge].[Ge].[Ge].[Ge].[Ge].[Ge]. The Bertz CT molecular complexity index is 654. The summed E-state index contributed by atoms with van der Waals surface area (Å²) in [6.07, 6.45) is 0. The van der Waals surface area contributed by atoms with Gasteiger partial charge in [-0.1, -0.05) is 393 Å². The van der Waals surface area contributed by atoms with Crippen molar-refractivity contribution in [2.75, 3.05) is 0 Å². The van der Waals surface area contributed by atoms with E-state index in [9.17, 15) is 0 Å². The van der Waals surface area contributed by atoms with E-state index in [2.05, 4.69) is 393 Å². The molecule has 0 aliphatic heterocycles. The molecule has 0 aromatic heterocycles. The van der Waals surface area contributed by atoms with Crippen LogP contribution in [0.5, 0.6) is 0 Å². The first-order valence-electron chi connectivity index (χ1n) is 31.5. The van der Waals surface area contributed by atoms with Crippen molar-refractivity contribution in [2.24, 2.45) is 0 Å². The molecule has 90 heavy (non-hydrogen) atoms. The van der Waals surface area contributed by atoms with Crippen molar-refractivity contribution in [3.05, 3.63) is 0 Å². The first-order valence-corrected chi connectivity index (χ1v) is 104. The smallest absolute Gasteiger partial charge is 0.0379 e. The summed E-state index contributed by atoms with van der Waals surface area (Å²) >= 11 is 0. The Morgan fingerprint density at radius 3 is 0.0778 bits per heavy atom. The molecule has 0 aliphatic carbocycles. The molecule has 0 rings (SSSR count). The third-order valence-electron chi connectivity index (χ3n) is 6.00. The quantitative estimate of drug-likeness (QED) is 0.233. The normalized spacial score (nSPS) is 9.20. The van der Waals surface area contributed by atoms with Gasteiger partial charge in [-0.05, 0) is 0 Å². The number of hydrogen-bond acceptors (Lipinski definition) is 0. The zero-order chi connectivity index (χ0) is 73.9. The molecule has 0 aromatic rings. The summed E-state index contributed by atoms with van der Waals surface area (Å²) in [4.78, 5) is 0. The average molecular weight is 2010 g/mol. The van der Waals surface area contributed by atoms with E-state index in [1.165, 1.54) is 0 Å². The van der Waals surface area contributed by atoms with E-state index in [1.807, 2.05) is 0 Å². The molecule has 0 aromatic carbocycles. The standard InChI is InChI=1S/6C4H12Si2.12C3H9Si.6Ge/c6*1-5(2)6(3)4;12*1-4(2)3;;;;;;/h6*1-4H3;12*1-3H3;;;;;;.